The molecule has 0 aliphatic carbocycles. The largest absolute Gasteiger partial charge is 0.338 e. The summed E-state index contributed by atoms with van der Waals surface area (Å²) in [6, 6.07) is 3.79. The number of nitro benzene ring substituents is 1. The molecule has 2 rings (SSSR count). The van der Waals surface area contributed by atoms with Crippen LogP contribution in [0.25, 0.3) is 0 Å². The summed E-state index contributed by atoms with van der Waals surface area (Å²) in [5.74, 6) is -0.806. The van der Waals surface area contributed by atoms with Gasteiger partial charge in [0.1, 0.15) is 0 Å². The summed E-state index contributed by atoms with van der Waals surface area (Å²) in [7, 11) is 0. The minimum Gasteiger partial charge on any atom is -0.338 e. The lowest BCUT2D eigenvalue weighted by atomic mass is 9.85. The molecular weight excluding hydrogens is 275 g/mol. The Labute approximate surface area is 122 Å². The first kappa shape index (κ1) is 15.4. The van der Waals surface area contributed by atoms with Gasteiger partial charge in [-0.1, -0.05) is 19.9 Å². The summed E-state index contributed by atoms with van der Waals surface area (Å²) in [4.78, 5) is 23.6. The van der Waals surface area contributed by atoms with Crippen molar-refractivity contribution in [2.75, 3.05) is 6.54 Å². The Bertz CT molecular complexity index is 572. The second kappa shape index (κ2) is 5.79. The second-order valence-corrected chi connectivity index (χ2v) is 6.27. The van der Waals surface area contributed by atoms with E-state index in [9.17, 15) is 19.3 Å². The van der Waals surface area contributed by atoms with Gasteiger partial charge in [0.15, 0.2) is 0 Å². The van der Waals surface area contributed by atoms with Crippen molar-refractivity contribution in [1.82, 2.24) is 4.90 Å². The molecule has 0 spiro atoms. The summed E-state index contributed by atoms with van der Waals surface area (Å²) >= 11 is 0. The van der Waals surface area contributed by atoms with Crippen LogP contribution in [-0.4, -0.2) is 22.3 Å². The van der Waals surface area contributed by atoms with Crippen molar-refractivity contribution in [2.24, 2.45) is 5.41 Å². The van der Waals surface area contributed by atoms with Gasteiger partial charge in [0.2, 0.25) is 11.7 Å². The van der Waals surface area contributed by atoms with Crippen LogP contribution in [0.15, 0.2) is 18.2 Å². The highest BCUT2D eigenvalue weighted by Gasteiger charge is 2.27. The van der Waals surface area contributed by atoms with Crippen LogP contribution in [0.3, 0.4) is 0 Å². The topological polar surface area (TPSA) is 63.5 Å². The van der Waals surface area contributed by atoms with Gasteiger partial charge < -0.3 is 4.90 Å². The summed E-state index contributed by atoms with van der Waals surface area (Å²) in [6.45, 7) is 5.19. The van der Waals surface area contributed by atoms with Crippen molar-refractivity contribution in [2.45, 2.75) is 39.7 Å². The predicted molar refractivity (Wildman–Crippen MR) is 76.1 cm³/mol. The Balaban J connectivity index is 2.12. The van der Waals surface area contributed by atoms with Gasteiger partial charge >= 0.3 is 5.69 Å². The van der Waals surface area contributed by atoms with Crippen LogP contribution in [0.1, 0.15) is 38.7 Å². The third-order valence-electron chi connectivity index (χ3n) is 4.01. The normalized spacial score (nSPS) is 18.4. The standard InChI is InChI=1S/C15H19FN2O3/c1-15(2)6-5-14(19)17(8-7-15)10-11-3-4-13(18(20)21)12(16)9-11/h3-4,9H,5-8,10H2,1-2H3. The molecule has 1 fully saturated rings. The van der Waals surface area contributed by atoms with E-state index in [1.165, 1.54) is 6.07 Å². The average molecular weight is 294 g/mol. The monoisotopic (exact) mass is 294 g/mol. The van der Waals surface area contributed by atoms with E-state index in [0.29, 0.717) is 25.1 Å². The predicted octanol–water partition coefficient (Wildman–Crippen LogP) is 3.27. The van der Waals surface area contributed by atoms with Crippen LogP contribution in [0, 0.1) is 21.3 Å². The van der Waals surface area contributed by atoms with E-state index in [1.54, 1.807) is 4.90 Å². The fourth-order valence-corrected chi connectivity index (χ4v) is 2.48. The number of hydrogen-bond donors (Lipinski definition) is 0. The molecule has 114 valence electrons. The van der Waals surface area contributed by atoms with Gasteiger partial charge in [0.25, 0.3) is 0 Å². The summed E-state index contributed by atoms with van der Waals surface area (Å²) in [6.07, 6.45) is 2.23. The van der Waals surface area contributed by atoms with Crippen LogP contribution in [0.5, 0.6) is 0 Å². The van der Waals surface area contributed by atoms with Crippen LogP contribution in [0.4, 0.5) is 10.1 Å². The molecule has 1 amide bonds. The molecule has 1 aliphatic heterocycles. The lowest BCUT2D eigenvalue weighted by Crippen LogP contribution is -2.30. The Morgan fingerprint density at radius 1 is 1.38 bits per heavy atom. The molecule has 5 nitrogen and oxygen atoms in total. The summed E-state index contributed by atoms with van der Waals surface area (Å²) in [5.41, 5.74) is 0.165. The minimum absolute atomic E-state index is 0.0549. The molecule has 0 saturated carbocycles. The molecule has 0 atom stereocenters. The smallest absolute Gasteiger partial charge is 0.304 e. The number of carbonyl (C=O) groups excluding carboxylic acids is 1. The Morgan fingerprint density at radius 3 is 2.71 bits per heavy atom. The van der Waals surface area contributed by atoms with Gasteiger partial charge in [-0.05, 0) is 29.9 Å². The SMILES string of the molecule is CC1(C)CCC(=O)N(Cc2ccc([N+](=O)[O-])c(F)c2)CC1. The van der Waals surface area contributed by atoms with Crippen molar-refractivity contribution in [3.63, 3.8) is 0 Å². The molecule has 21 heavy (non-hydrogen) atoms. The molecule has 1 heterocycles. The van der Waals surface area contributed by atoms with Gasteiger partial charge in [-0.25, -0.2) is 0 Å². The lowest BCUT2D eigenvalue weighted by molar-refractivity contribution is -0.387. The Hall–Kier alpha value is -1.98. The molecule has 1 aliphatic rings. The van der Waals surface area contributed by atoms with Crippen LogP contribution in [0.2, 0.25) is 0 Å². The molecule has 0 radical (unpaired) electrons. The zero-order chi connectivity index (χ0) is 15.6. The molecule has 6 heteroatoms. The van der Waals surface area contributed by atoms with Crippen molar-refractivity contribution in [3.8, 4) is 0 Å². The van der Waals surface area contributed by atoms with Gasteiger partial charge in [-0.2, -0.15) is 4.39 Å². The number of hydrogen-bond acceptors (Lipinski definition) is 3. The van der Waals surface area contributed by atoms with E-state index in [1.807, 2.05) is 0 Å². The van der Waals surface area contributed by atoms with E-state index in [4.69, 9.17) is 0 Å². The number of halogens is 1. The molecule has 1 aromatic rings. The number of nitro groups is 1. The van der Waals surface area contributed by atoms with Crippen LogP contribution < -0.4 is 0 Å². The molecule has 1 saturated heterocycles. The van der Waals surface area contributed by atoms with Crippen LogP contribution in [-0.2, 0) is 11.3 Å². The van der Waals surface area contributed by atoms with Gasteiger partial charge in [-0.15, -0.1) is 0 Å². The molecule has 1 aromatic carbocycles. The highest BCUT2D eigenvalue weighted by molar-refractivity contribution is 5.76. The zero-order valence-electron chi connectivity index (χ0n) is 12.3. The van der Waals surface area contributed by atoms with Gasteiger partial charge in [0.05, 0.1) is 4.92 Å². The van der Waals surface area contributed by atoms with Crippen molar-refractivity contribution in [1.29, 1.82) is 0 Å². The first-order valence-electron chi connectivity index (χ1n) is 6.99. The number of rotatable bonds is 3. The van der Waals surface area contributed by atoms with Crippen molar-refractivity contribution in [3.05, 3.63) is 39.7 Å². The molecular formula is C15H19FN2O3. The first-order chi connectivity index (χ1) is 9.78. The highest BCUT2D eigenvalue weighted by atomic mass is 19.1. The third kappa shape index (κ3) is 3.77. The number of amides is 1. The Kier molecular flexibility index (Phi) is 4.25. The highest BCUT2D eigenvalue weighted by Crippen LogP contribution is 2.31. The maximum atomic E-state index is 13.6. The number of likely N-dealkylation sites (tertiary alicyclic amines) is 1. The second-order valence-electron chi connectivity index (χ2n) is 6.27. The number of benzene rings is 1. The van der Waals surface area contributed by atoms with Crippen molar-refractivity contribution < 1.29 is 14.1 Å². The van der Waals surface area contributed by atoms with E-state index in [2.05, 4.69) is 13.8 Å². The van der Waals surface area contributed by atoms with E-state index >= 15 is 0 Å². The van der Waals surface area contributed by atoms with Gasteiger partial charge in [0, 0.05) is 25.6 Å². The molecule has 0 aromatic heterocycles. The number of carbonyl (C=O) groups is 1. The quantitative estimate of drug-likeness (QED) is 0.635. The van der Waals surface area contributed by atoms with Gasteiger partial charge in [-0.3, -0.25) is 14.9 Å². The summed E-state index contributed by atoms with van der Waals surface area (Å²) < 4.78 is 13.6. The maximum Gasteiger partial charge on any atom is 0.304 e. The van der Waals surface area contributed by atoms with E-state index < -0.39 is 16.4 Å². The minimum atomic E-state index is -0.861. The maximum absolute atomic E-state index is 13.6. The zero-order valence-corrected chi connectivity index (χ0v) is 12.3. The third-order valence-corrected chi connectivity index (χ3v) is 4.01. The molecule has 0 bridgehead atoms. The Morgan fingerprint density at radius 2 is 2.10 bits per heavy atom. The number of nitrogens with zero attached hydrogens (tertiary/aromatic N) is 2. The molecule has 0 unspecified atom stereocenters. The van der Waals surface area contributed by atoms with Crippen LogP contribution >= 0.6 is 0 Å². The first-order valence-corrected chi connectivity index (χ1v) is 6.99. The average Bonchev–Trinajstić information content (AvgIpc) is 2.51. The fourth-order valence-electron chi connectivity index (χ4n) is 2.48. The molecule has 0 N–H and O–H groups in total. The van der Waals surface area contributed by atoms with Crippen molar-refractivity contribution >= 4 is 11.6 Å². The summed E-state index contributed by atoms with van der Waals surface area (Å²) in [5, 5.41) is 10.6. The van der Waals surface area contributed by atoms with E-state index in [0.717, 1.165) is 25.0 Å². The van der Waals surface area contributed by atoms with E-state index in [-0.39, 0.29) is 11.3 Å². The lowest BCUT2D eigenvalue weighted by Gasteiger charge is -2.23. The fraction of sp³-hybridized carbons (Fsp3) is 0.533.